The van der Waals surface area contributed by atoms with E-state index in [2.05, 4.69) is 6.92 Å². The summed E-state index contributed by atoms with van der Waals surface area (Å²) in [4.78, 5) is 10.3. The molecule has 2 heterocycles. The molecule has 4 nitrogen and oxygen atoms in total. The molecule has 0 saturated carbocycles. The van der Waals surface area contributed by atoms with Crippen LogP contribution in [-0.4, -0.2) is 30.4 Å². The molecule has 0 aliphatic carbocycles. The fraction of sp³-hybridized carbons (Fsp3) is 0.944. The average Bonchev–Trinajstić information content (AvgIpc) is 3.38. The molecular weight excluding hydrogens is 280 g/mol. The highest BCUT2D eigenvalue weighted by Gasteiger charge is 2.47. The van der Waals surface area contributed by atoms with E-state index in [1.807, 2.05) is 0 Å². The summed E-state index contributed by atoms with van der Waals surface area (Å²) in [5.41, 5.74) is 0. The Morgan fingerprint density at radius 1 is 0.818 bits per heavy atom. The summed E-state index contributed by atoms with van der Waals surface area (Å²) in [7, 11) is 0. The van der Waals surface area contributed by atoms with Crippen molar-refractivity contribution in [2.45, 2.75) is 108 Å². The van der Waals surface area contributed by atoms with Crippen LogP contribution in [0.2, 0.25) is 0 Å². The zero-order valence-electron chi connectivity index (χ0n) is 13.9. The molecule has 2 rings (SSSR count). The first-order valence-corrected chi connectivity index (χ1v) is 9.21. The molecule has 4 heteroatoms. The second-order valence-electron chi connectivity index (χ2n) is 6.84. The van der Waals surface area contributed by atoms with Crippen molar-refractivity contribution in [1.29, 1.82) is 0 Å². The van der Waals surface area contributed by atoms with Crippen molar-refractivity contribution in [3.05, 3.63) is 0 Å². The van der Waals surface area contributed by atoms with E-state index in [-0.39, 0.29) is 6.42 Å². The molecule has 0 aromatic rings. The van der Waals surface area contributed by atoms with Gasteiger partial charge in [-0.3, -0.25) is 0 Å². The van der Waals surface area contributed by atoms with Gasteiger partial charge in [0.05, 0.1) is 24.4 Å². The maximum Gasteiger partial charge on any atom is 0.0867 e. The molecule has 22 heavy (non-hydrogen) atoms. The van der Waals surface area contributed by atoms with Gasteiger partial charge >= 0.3 is 0 Å². The van der Waals surface area contributed by atoms with Gasteiger partial charge in [0.25, 0.3) is 0 Å². The van der Waals surface area contributed by atoms with E-state index < -0.39 is 5.97 Å². The largest absolute Gasteiger partial charge is 0.550 e. The van der Waals surface area contributed by atoms with Crippen LogP contribution in [0.1, 0.15) is 84.0 Å². The number of carbonyl (C=O) groups excluding carboxylic acids is 1. The van der Waals surface area contributed by atoms with Crippen LogP contribution in [0.25, 0.3) is 0 Å². The van der Waals surface area contributed by atoms with Crippen molar-refractivity contribution in [1.82, 2.24) is 0 Å². The number of carboxylic acids is 1. The van der Waals surface area contributed by atoms with Gasteiger partial charge in [-0.05, 0) is 25.7 Å². The number of carbonyl (C=O) groups is 1. The second kappa shape index (κ2) is 9.51. The van der Waals surface area contributed by atoms with E-state index >= 15 is 0 Å². The highest BCUT2D eigenvalue weighted by atomic mass is 16.6. The van der Waals surface area contributed by atoms with Crippen LogP contribution in [0.5, 0.6) is 0 Å². The molecule has 0 aromatic heterocycles. The molecule has 2 aliphatic heterocycles. The van der Waals surface area contributed by atoms with E-state index in [0.29, 0.717) is 24.4 Å². The van der Waals surface area contributed by atoms with Crippen molar-refractivity contribution < 1.29 is 19.4 Å². The normalized spacial score (nSPS) is 29.5. The lowest BCUT2D eigenvalue weighted by Crippen LogP contribution is -2.21. The Labute approximate surface area is 134 Å². The molecule has 0 amide bonds. The predicted octanol–water partition coefficient (Wildman–Crippen LogP) is 2.97. The fourth-order valence-corrected chi connectivity index (χ4v) is 3.25. The number of ether oxygens (including phenoxy) is 2. The van der Waals surface area contributed by atoms with Gasteiger partial charge in [0.15, 0.2) is 0 Å². The SMILES string of the molecule is CCCCCC1OC1CC1OC1CCCCCCCC(=O)[O-]. The van der Waals surface area contributed by atoms with Crippen LogP contribution in [0, 0.1) is 0 Å². The summed E-state index contributed by atoms with van der Waals surface area (Å²) in [5.74, 6) is -0.926. The summed E-state index contributed by atoms with van der Waals surface area (Å²) in [6, 6.07) is 0. The average molecular weight is 311 g/mol. The van der Waals surface area contributed by atoms with Crippen LogP contribution < -0.4 is 5.11 Å². The van der Waals surface area contributed by atoms with Gasteiger partial charge in [-0.1, -0.05) is 51.9 Å². The monoisotopic (exact) mass is 311 g/mol. The first-order chi connectivity index (χ1) is 10.7. The lowest BCUT2D eigenvalue weighted by atomic mass is 10.0. The molecule has 0 bridgehead atoms. The van der Waals surface area contributed by atoms with Crippen molar-refractivity contribution in [3.63, 3.8) is 0 Å². The van der Waals surface area contributed by atoms with Crippen LogP contribution >= 0.6 is 0 Å². The third-order valence-corrected chi connectivity index (χ3v) is 4.80. The first kappa shape index (κ1) is 17.7. The summed E-state index contributed by atoms with van der Waals surface area (Å²) in [6.07, 6.45) is 14.7. The summed E-state index contributed by atoms with van der Waals surface area (Å²) in [6.45, 7) is 2.23. The molecule has 0 N–H and O–H groups in total. The smallest absolute Gasteiger partial charge is 0.0867 e. The zero-order chi connectivity index (χ0) is 15.8. The number of carboxylic acid groups (broad SMARTS) is 1. The number of hydrogen-bond acceptors (Lipinski definition) is 4. The molecule has 2 aliphatic rings. The lowest BCUT2D eigenvalue weighted by Gasteiger charge is -2.01. The fourth-order valence-electron chi connectivity index (χ4n) is 3.25. The van der Waals surface area contributed by atoms with Crippen molar-refractivity contribution in [3.8, 4) is 0 Å². The zero-order valence-corrected chi connectivity index (χ0v) is 13.9. The third-order valence-electron chi connectivity index (χ3n) is 4.80. The van der Waals surface area contributed by atoms with Crippen molar-refractivity contribution in [2.24, 2.45) is 0 Å². The summed E-state index contributed by atoms with van der Waals surface area (Å²) in [5, 5.41) is 10.3. The lowest BCUT2D eigenvalue weighted by molar-refractivity contribution is -0.305. The minimum absolute atomic E-state index is 0.203. The molecule has 2 fully saturated rings. The topological polar surface area (TPSA) is 65.2 Å². The molecule has 2 saturated heterocycles. The Morgan fingerprint density at radius 3 is 1.95 bits per heavy atom. The molecule has 0 aromatic carbocycles. The highest BCUT2D eigenvalue weighted by molar-refractivity contribution is 5.63. The van der Waals surface area contributed by atoms with E-state index in [4.69, 9.17) is 9.47 Å². The van der Waals surface area contributed by atoms with Crippen LogP contribution in [0.4, 0.5) is 0 Å². The van der Waals surface area contributed by atoms with Gasteiger partial charge in [-0.2, -0.15) is 0 Å². The highest BCUT2D eigenvalue weighted by Crippen LogP contribution is 2.39. The van der Waals surface area contributed by atoms with E-state index in [1.54, 1.807) is 0 Å². The maximum atomic E-state index is 10.3. The summed E-state index contributed by atoms with van der Waals surface area (Å²) >= 11 is 0. The minimum atomic E-state index is -0.926. The Hall–Kier alpha value is -0.610. The third kappa shape index (κ3) is 7.10. The maximum absolute atomic E-state index is 10.3. The van der Waals surface area contributed by atoms with Gasteiger partial charge in [-0.25, -0.2) is 0 Å². The van der Waals surface area contributed by atoms with Gasteiger partial charge in [-0.15, -0.1) is 0 Å². The molecule has 4 unspecified atom stereocenters. The standard InChI is InChI=1S/C18H32O4/c1-2-3-7-10-14-16(21-14)13-17-15(22-17)11-8-5-4-6-9-12-18(19)20/h14-17H,2-13H2,1H3,(H,19,20)/p-1. The van der Waals surface area contributed by atoms with Gasteiger partial charge in [0, 0.05) is 12.4 Å². The number of hydrogen-bond donors (Lipinski definition) is 0. The molecule has 0 radical (unpaired) electrons. The molecule has 4 atom stereocenters. The van der Waals surface area contributed by atoms with Gasteiger partial charge in [0.1, 0.15) is 0 Å². The Balaban J connectivity index is 1.36. The predicted molar refractivity (Wildman–Crippen MR) is 83.4 cm³/mol. The number of rotatable bonds is 14. The molecular formula is C18H31O4-. The molecule has 0 spiro atoms. The number of unbranched alkanes of at least 4 members (excludes halogenated alkanes) is 6. The Morgan fingerprint density at radius 2 is 1.36 bits per heavy atom. The van der Waals surface area contributed by atoms with E-state index in [1.165, 1.54) is 38.5 Å². The Bertz CT molecular complexity index is 331. The minimum Gasteiger partial charge on any atom is -0.550 e. The van der Waals surface area contributed by atoms with E-state index in [0.717, 1.165) is 32.1 Å². The number of aliphatic carboxylic acids is 1. The van der Waals surface area contributed by atoms with Gasteiger partial charge < -0.3 is 19.4 Å². The van der Waals surface area contributed by atoms with Gasteiger partial charge in [0.2, 0.25) is 0 Å². The number of epoxide rings is 2. The Kier molecular flexibility index (Phi) is 7.67. The summed E-state index contributed by atoms with van der Waals surface area (Å²) < 4.78 is 11.5. The molecule has 128 valence electrons. The van der Waals surface area contributed by atoms with Crippen LogP contribution in [0.15, 0.2) is 0 Å². The van der Waals surface area contributed by atoms with Crippen molar-refractivity contribution in [2.75, 3.05) is 0 Å². The van der Waals surface area contributed by atoms with E-state index in [9.17, 15) is 9.90 Å². The van der Waals surface area contributed by atoms with Crippen molar-refractivity contribution >= 4 is 5.97 Å². The quantitative estimate of drug-likeness (QED) is 0.365. The first-order valence-electron chi connectivity index (χ1n) is 9.21. The van der Waals surface area contributed by atoms with Crippen LogP contribution in [0.3, 0.4) is 0 Å². The van der Waals surface area contributed by atoms with Crippen LogP contribution in [-0.2, 0) is 14.3 Å². The second-order valence-corrected chi connectivity index (χ2v) is 6.84.